The van der Waals surface area contributed by atoms with E-state index in [-0.39, 0.29) is 11.5 Å². The molecule has 0 fully saturated rings. The van der Waals surface area contributed by atoms with Gasteiger partial charge >= 0.3 is 5.97 Å². The van der Waals surface area contributed by atoms with Crippen LogP contribution in [0.25, 0.3) is 0 Å². The summed E-state index contributed by atoms with van der Waals surface area (Å²) >= 11 is 3.10. The molecule has 6 nitrogen and oxygen atoms in total. The van der Waals surface area contributed by atoms with Gasteiger partial charge < -0.3 is 15.4 Å². The smallest absolute Gasteiger partial charge is 0.329 e. The van der Waals surface area contributed by atoms with Gasteiger partial charge in [0.2, 0.25) is 5.91 Å². The zero-order valence-electron chi connectivity index (χ0n) is 33.2. The number of hydrogen-bond acceptors (Lipinski definition) is 6. The number of methoxy groups -OCH3 is 1. The molecule has 60 heavy (non-hydrogen) atoms. The molecule has 2 atom stereocenters. The maximum Gasteiger partial charge on any atom is 0.329 e. The Morgan fingerprint density at radius 1 is 0.433 bits per heavy atom. The largest absolute Gasteiger partial charge is 0.467 e. The second-order valence-electron chi connectivity index (χ2n) is 14.2. The number of esters is 1. The van der Waals surface area contributed by atoms with E-state index in [4.69, 9.17) is 4.74 Å². The van der Waals surface area contributed by atoms with Crippen LogP contribution in [0.4, 0.5) is 0 Å². The van der Waals surface area contributed by atoms with Crippen LogP contribution in [-0.4, -0.2) is 48.5 Å². The summed E-state index contributed by atoms with van der Waals surface area (Å²) in [4.78, 5) is 42.5. The molecule has 7 aromatic carbocycles. The van der Waals surface area contributed by atoms with E-state index in [0.29, 0.717) is 5.56 Å². The summed E-state index contributed by atoms with van der Waals surface area (Å²) in [5, 5.41) is 6.09. The third kappa shape index (κ3) is 9.26. The van der Waals surface area contributed by atoms with Crippen molar-refractivity contribution in [1.29, 1.82) is 0 Å². The maximum atomic E-state index is 14.8. The molecular formula is C52H46N2O4S2. The Kier molecular flexibility index (Phi) is 14.0. The Morgan fingerprint density at radius 2 is 0.717 bits per heavy atom. The summed E-state index contributed by atoms with van der Waals surface area (Å²) in [5.74, 6) is -1.18. The highest BCUT2D eigenvalue weighted by Gasteiger charge is 2.41. The summed E-state index contributed by atoms with van der Waals surface area (Å²) < 4.78 is 3.84. The third-order valence-corrected chi connectivity index (χ3v) is 13.8. The first kappa shape index (κ1) is 41.8. The molecule has 0 unspecified atom stereocenters. The van der Waals surface area contributed by atoms with Gasteiger partial charge in [0.25, 0.3) is 5.91 Å². The minimum atomic E-state index is -1.06. The lowest BCUT2D eigenvalue weighted by Crippen LogP contribution is -2.54. The standard InChI is InChI=1S/C52H46N2O4S2/c1-58-50(57)47(38-60-52(43-31-17-6-18-32-43,44-33-19-7-20-34-44)45-35-21-8-22-36-45)54-49(56)46(53-48(55)39-23-9-2-10-24-39)37-59-51(40-25-11-3-12-26-40,41-27-13-4-14-28-41)42-29-15-5-16-30-42/h2-36,46-47H,37-38H2,1H3,(H,53,55)(H,54,56)/t46-,47-/m0/s1. The minimum absolute atomic E-state index is 0.158. The molecule has 0 aliphatic rings. The molecule has 0 spiro atoms. The molecular weight excluding hydrogens is 781 g/mol. The highest BCUT2D eigenvalue weighted by atomic mass is 32.2. The maximum absolute atomic E-state index is 14.8. The summed E-state index contributed by atoms with van der Waals surface area (Å²) in [6.07, 6.45) is 0. The Morgan fingerprint density at radius 3 is 1.02 bits per heavy atom. The zero-order chi connectivity index (χ0) is 41.6. The molecule has 0 aromatic heterocycles. The second-order valence-corrected chi connectivity index (χ2v) is 16.6. The van der Waals surface area contributed by atoms with E-state index in [1.807, 2.05) is 115 Å². The van der Waals surface area contributed by atoms with Gasteiger partial charge in [0, 0.05) is 17.1 Å². The van der Waals surface area contributed by atoms with Crippen LogP contribution < -0.4 is 10.6 Å². The highest BCUT2D eigenvalue weighted by molar-refractivity contribution is 8.01. The molecule has 0 radical (unpaired) electrons. The van der Waals surface area contributed by atoms with E-state index < -0.39 is 39.4 Å². The molecule has 7 rings (SSSR count). The van der Waals surface area contributed by atoms with Crippen molar-refractivity contribution in [3.63, 3.8) is 0 Å². The SMILES string of the molecule is COC(=O)[C@H](CSC(c1ccccc1)(c1ccccc1)c1ccccc1)NC(=O)[C@H](CSC(c1ccccc1)(c1ccccc1)c1ccccc1)NC(=O)c1ccccc1. The number of carbonyl (C=O) groups is 3. The van der Waals surface area contributed by atoms with Crippen molar-refractivity contribution in [1.82, 2.24) is 10.6 Å². The number of amides is 2. The topological polar surface area (TPSA) is 84.5 Å². The first-order valence-corrected chi connectivity index (χ1v) is 21.8. The van der Waals surface area contributed by atoms with E-state index in [2.05, 4.69) is 83.4 Å². The van der Waals surface area contributed by atoms with E-state index in [9.17, 15) is 14.4 Å². The molecule has 2 amide bonds. The number of hydrogen-bond donors (Lipinski definition) is 2. The van der Waals surface area contributed by atoms with Crippen LogP contribution in [0.2, 0.25) is 0 Å². The molecule has 0 saturated heterocycles. The van der Waals surface area contributed by atoms with Crippen molar-refractivity contribution >= 4 is 41.3 Å². The number of carbonyl (C=O) groups excluding carboxylic acids is 3. The number of benzene rings is 7. The van der Waals surface area contributed by atoms with Gasteiger partial charge in [-0.2, -0.15) is 0 Å². The van der Waals surface area contributed by atoms with E-state index in [0.717, 1.165) is 33.4 Å². The van der Waals surface area contributed by atoms with Crippen molar-refractivity contribution in [2.45, 2.75) is 21.6 Å². The molecule has 0 aliphatic heterocycles. The Hall–Kier alpha value is -6.35. The summed E-state index contributed by atoms with van der Waals surface area (Å²) in [5.41, 5.74) is 6.53. The Labute approximate surface area is 360 Å². The van der Waals surface area contributed by atoms with Gasteiger partial charge in [0.1, 0.15) is 12.1 Å². The van der Waals surface area contributed by atoms with Crippen molar-refractivity contribution < 1.29 is 19.1 Å². The predicted octanol–water partition coefficient (Wildman–Crippen LogP) is 9.89. The first-order valence-electron chi connectivity index (χ1n) is 19.8. The van der Waals surface area contributed by atoms with Gasteiger partial charge in [0.05, 0.1) is 16.6 Å². The van der Waals surface area contributed by atoms with Gasteiger partial charge in [0.15, 0.2) is 0 Å². The second kappa shape index (κ2) is 20.1. The van der Waals surface area contributed by atoms with Crippen molar-refractivity contribution in [2.75, 3.05) is 18.6 Å². The molecule has 8 heteroatoms. The van der Waals surface area contributed by atoms with E-state index in [1.165, 1.54) is 7.11 Å². The number of rotatable bonds is 17. The highest BCUT2D eigenvalue weighted by Crippen LogP contribution is 2.50. The number of thioether (sulfide) groups is 2. The van der Waals surface area contributed by atoms with Crippen LogP contribution in [0.15, 0.2) is 212 Å². The van der Waals surface area contributed by atoms with Crippen LogP contribution in [0.3, 0.4) is 0 Å². The summed E-state index contributed by atoms with van der Waals surface area (Å²) in [6.45, 7) is 0. The van der Waals surface area contributed by atoms with Gasteiger partial charge in [-0.1, -0.05) is 200 Å². The molecule has 300 valence electrons. The van der Waals surface area contributed by atoms with Gasteiger partial charge in [-0.05, 0) is 45.5 Å². The van der Waals surface area contributed by atoms with Crippen molar-refractivity contribution in [2.24, 2.45) is 0 Å². The van der Waals surface area contributed by atoms with Crippen LogP contribution in [0, 0.1) is 0 Å². The number of nitrogens with one attached hydrogen (secondary N) is 2. The molecule has 0 saturated carbocycles. The van der Waals surface area contributed by atoms with Crippen molar-refractivity contribution in [3.05, 3.63) is 251 Å². The average Bonchev–Trinajstić information content (AvgIpc) is 3.33. The molecule has 0 bridgehead atoms. The number of ether oxygens (including phenoxy) is 1. The van der Waals surface area contributed by atoms with Crippen molar-refractivity contribution in [3.8, 4) is 0 Å². The summed E-state index contributed by atoms with van der Waals surface area (Å²) in [7, 11) is 1.32. The average molecular weight is 827 g/mol. The summed E-state index contributed by atoms with van der Waals surface area (Å²) in [6, 6.07) is 67.8. The fraction of sp³-hybridized carbons (Fsp3) is 0.135. The van der Waals surface area contributed by atoms with Crippen LogP contribution in [-0.2, 0) is 23.8 Å². The van der Waals surface area contributed by atoms with Gasteiger partial charge in [-0.3, -0.25) is 9.59 Å². The monoisotopic (exact) mass is 826 g/mol. The Balaban J connectivity index is 1.26. The van der Waals surface area contributed by atoms with Crippen LogP contribution >= 0.6 is 23.5 Å². The quantitative estimate of drug-likeness (QED) is 0.0703. The van der Waals surface area contributed by atoms with Gasteiger partial charge in [-0.15, -0.1) is 23.5 Å². The lowest BCUT2D eigenvalue weighted by molar-refractivity contribution is -0.144. The molecule has 7 aromatic rings. The van der Waals surface area contributed by atoms with Crippen LogP contribution in [0.5, 0.6) is 0 Å². The third-order valence-electron chi connectivity index (χ3n) is 10.5. The molecule has 0 heterocycles. The fourth-order valence-corrected chi connectivity index (χ4v) is 10.7. The van der Waals surface area contributed by atoms with E-state index in [1.54, 1.807) is 47.8 Å². The normalized spacial score (nSPS) is 12.4. The lowest BCUT2D eigenvalue weighted by Gasteiger charge is -2.37. The van der Waals surface area contributed by atoms with Crippen LogP contribution in [0.1, 0.15) is 43.7 Å². The zero-order valence-corrected chi connectivity index (χ0v) is 34.9. The lowest BCUT2D eigenvalue weighted by atomic mass is 9.84. The van der Waals surface area contributed by atoms with Gasteiger partial charge in [-0.25, -0.2) is 4.79 Å². The molecule has 0 aliphatic carbocycles. The minimum Gasteiger partial charge on any atom is -0.467 e. The predicted molar refractivity (Wildman–Crippen MR) is 245 cm³/mol. The fourth-order valence-electron chi connectivity index (χ4n) is 7.55. The van der Waals surface area contributed by atoms with E-state index >= 15 is 0 Å². The molecule has 2 N–H and O–H groups in total. The first-order chi connectivity index (χ1) is 29.5. The Bertz CT molecular complexity index is 2230.